The minimum atomic E-state index is 0.555. The van der Waals surface area contributed by atoms with Crippen LogP contribution in [0.15, 0.2) is 21.9 Å². The maximum Gasteiger partial charge on any atom is 0.257 e. The van der Waals surface area contributed by atoms with Gasteiger partial charge in [0.2, 0.25) is 5.89 Å². The lowest BCUT2D eigenvalue weighted by Crippen LogP contribution is -2.33. The van der Waals surface area contributed by atoms with E-state index in [-0.39, 0.29) is 0 Å². The number of hydrogen-bond acceptors (Lipinski definition) is 5. The van der Waals surface area contributed by atoms with Gasteiger partial charge in [0.05, 0.1) is 11.4 Å². The summed E-state index contributed by atoms with van der Waals surface area (Å²) in [5, 5.41) is 10.4. The van der Waals surface area contributed by atoms with Crippen LogP contribution in [-0.2, 0) is 6.54 Å². The second kappa shape index (κ2) is 9.06. The topological polar surface area (TPSA) is 42.2 Å². The molecule has 0 saturated carbocycles. The van der Waals surface area contributed by atoms with Crippen molar-refractivity contribution in [3.8, 4) is 10.8 Å². The van der Waals surface area contributed by atoms with Crippen LogP contribution in [0.1, 0.15) is 58.8 Å². The van der Waals surface area contributed by atoms with Gasteiger partial charge in [-0.3, -0.25) is 4.90 Å². The average molecular weight is 321 g/mol. The molecule has 0 spiro atoms. The molecule has 2 heterocycles. The molecule has 0 fully saturated rings. The van der Waals surface area contributed by atoms with Crippen molar-refractivity contribution in [2.24, 2.45) is 0 Å². The van der Waals surface area contributed by atoms with Crippen LogP contribution in [0.25, 0.3) is 10.8 Å². The van der Waals surface area contributed by atoms with Crippen molar-refractivity contribution in [3.63, 3.8) is 0 Å². The van der Waals surface area contributed by atoms with E-state index < -0.39 is 0 Å². The Morgan fingerprint density at radius 2 is 2.09 bits per heavy atom. The fourth-order valence-corrected chi connectivity index (χ4v) is 3.26. The number of aromatic nitrogens is 2. The maximum absolute atomic E-state index is 5.84. The van der Waals surface area contributed by atoms with Crippen LogP contribution in [0.2, 0.25) is 0 Å². The van der Waals surface area contributed by atoms with Crippen molar-refractivity contribution >= 4 is 11.3 Å². The minimum absolute atomic E-state index is 0.555. The van der Waals surface area contributed by atoms with Gasteiger partial charge >= 0.3 is 0 Å². The van der Waals surface area contributed by atoms with Crippen molar-refractivity contribution in [2.45, 2.75) is 65.5 Å². The van der Waals surface area contributed by atoms with Gasteiger partial charge in [-0.1, -0.05) is 39.2 Å². The largest absolute Gasteiger partial charge is 0.419 e. The molecule has 0 amide bonds. The average Bonchev–Trinajstić information content (AvgIpc) is 3.17. The van der Waals surface area contributed by atoms with E-state index in [1.165, 1.54) is 32.1 Å². The zero-order chi connectivity index (χ0) is 15.8. The third-order valence-electron chi connectivity index (χ3n) is 3.92. The number of unbranched alkanes of at least 4 members (excludes halogenated alkanes) is 2. The molecule has 0 saturated heterocycles. The molecular formula is C17H27N3OS. The number of rotatable bonds is 10. The summed E-state index contributed by atoms with van der Waals surface area (Å²) in [6.45, 7) is 8.63. The molecule has 22 heavy (non-hydrogen) atoms. The molecule has 0 radical (unpaired) electrons. The normalized spacial score (nSPS) is 12.9. The quantitative estimate of drug-likeness (QED) is 0.579. The summed E-state index contributed by atoms with van der Waals surface area (Å²) in [5.74, 6) is 1.37. The molecule has 2 aromatic heterocycles. The van der Waals surface area contributed by atoms with Crippen LogP contribution >= 0.6 is 11.3 Å². The first-order chi connectivity index (χ1) is 10.7. The second-order valence-electron chi connectivity index (χ2n) is 5.79. The number of nitrogens with zero attached hydrogens (tertiary/aromatic N) is 3. The Morgan fingerprint density at radius 3 is 2.77 bits per heavy atom. The smallest absolute Gasteiger partial charge is 0.257 e. The first-order valence-corrected chi connectivity index (χ1v) is 9.22. The molecule has 0 aliphatic heterocycles. The standard InChI is InChI=1S/C17H27N3OS/c1-4-6-7-11-20(14(3)9-5-2)13-16-18-19-17(21-16)15-10-8-12-22-15/h8,10,12,14H,4-7,9,11,13H2,1-3H3. The zero-order valence-electron chi connectivity index (χ0n) is 13.9. The lowest BCUT2D eigenvalue weighted by Gasteiger charge is -2.27. The highest BCUT2D eigenvalue weighted by molar-refractivity contribution is 7.13. The van der Waals surface area contributed by atoms with Gasteiger partial charge in [-0.25, -0.2) is 0 Å². The summed E-state index contributed by atoms with van der Waals surface area (Å²) in [7, 11) is 0. The van der Waals surface area contributed by atoms with E-state index in [9.17, 15) is 0 Å². The molecule has 1 atom stereocenters. The van der Waals surface area contributed by atoms with E-state index in [0.29, 0.717) is 11.9 Å². The van der Waals surface area contributed by atoms with Gasteiger partial charge in [0, 0.05) is 6.04 Å². The third kappa shape index (κ3) is 4.92. The van der Waals surface area contributed by atoms with Crippen molar-refractivity contribution in [3.05, 3.63) is 23.4 Å². The van der Waals surface area contributed by atoms with Crippen LogP contribution in [0.4, 0.5) is 0 Å². The molecule has 0 aliphatic rings. The first kappa shape index (κ1) is 17.2. The Hall–Kier alpha value is -1.20. The predicted molar refractivity (Wildman–Crippen MR) is 91.9 cm³/mol. The Bertz CT molecular complexity index is 524. The molecule has 2 rings (SSSR count). The summed E-state index contributed by atoms with van der Waals surface area (Å²) in [4.78, 5) is 3.52. The maximum atomic E-state index is 5.84. The Morgan fingerprint density at radius 1 is 1.23 bits per heavy atom. The lowest BCUT2D eigenvalue weighted by atomic mass is 10.1. The Labute approximate surface area is 137 Å². The van der Waals surface area contributed by atoms with Crippen LogP contribution in [0.5, 0.6) is 0 Å². The SMILES string of the molecule is CCCCCN(Cc1nnc(-c2cccs2)o1)C(C)CCC. The van der Waals surface area contributed by atoms with Gasteiger partial charge < -0.3 is 4.42 Å². The fraction of sp³-hybridized carbons (Fsp3) is 0.647. The molecule has 2 aromatic rings. The van der Waals surface area contributed by atoms with Crippen LogP contribution in [0.3, 0.4) is 0 Å². The van der Waals surface area contributed by atoms with Gasteiger partial charge in [-0.2, -0.15) is 0 Å². The highest BCUT2D eigenvalue weighted by Crippen LogP contribution is 2.23. The van der Waals surface area contributed by atoms with Gasteiger partial charge in [-0.05, 0) is 37.8 Å². The van der Waals surface area contributed by atoms with Gasteiger partial charge in [-0.15, -0.1) is 21.5 Å². The molecule has 0 bridgehead atoms. The summed E-state index contributed by atoms with van der Waals surface area (Å²) in [6, 6.07) is 4.57. The van der Waals surface area contributed by atoms with Crippen molar-refractivity contribution < 1.29 is 4.42 Å². The summed E-state index contributed by atoms with van der Waals surface area (Å²) in [5.41, 5.74) is 0. The van der Waals surface area contributed by atoms with Crippen molar-refractivity contribution in [1.82, 2.24) is 15.1 Å². The summed E-state index contributed by atoms with van der Waals surface area (Å²) in [6.07, 6.45) is 6.17. The van der Waals surface area contributed by atoms with E-state index in [2.05, 4.69) is 35.9 Å². The molecule has 4 nitrogen and oxygen atoms in total. The van der Waals surface area contributed by atoms with E-state index in [0.717, 1.165) is 23.9 Å². The molecule has 1 unspecified atom stereocenters. The highest BCUT2D eigenvalue weighted by Gasteiger charge is 2.17. The van der Waals surface area contributed by atoms with Gasteiger partial charge in [0.1, 0.15) is 0 Å². The molecule has 5 heteroatoms. The highest BCUT2D eigenvalue weighted by atomic mass is 32.1. The first-order valence-electron chi connectivity index (χ1n) is 8.34. The van der Waals surface area contributed by atoms with Gasteiger partial charge in [0.15, 0.2) is 0 Å². The zero-order valence-corrected chi connectivity index (χ0v) is 14.7. The van der Waals surface area contributed by atoms with Gasteiger partial charge in [0.25, 0.3) is 5.89 Å². The van der Waals surface area contributed by atoms with E-state index in [1.807, 2.05) is 17.5 Å². The van der Waals surface area contributed by atoms with E-state index in [1.54, 1.807) is 11.3 Å². The van der Waals surface area contributed by atoms with E-state index in [4.69, 9.17) is 4.42 Å². The molecule has 0 aromatic carbocycles. The monoisotopic (exact) mass is 321 g/mol. The molecule has 0 N–H and O–H groups in total. The second-order valence-corrected chi connectivity index (χ2v) is 6.74. The molecule has 0 aliphatic carbocycles. The summed E-state index contributed by atoms with van der Waals surface area (Å²) < 4.78 is 5.84. The van der Waals surface area contributed by atoms with Crippen LogP contribution < -0.4 is 0 Å². The van der Waals surface area contributed by atoms with Crippen LogP contribution in [0, 0.1) is 0 Å². The van der Waals surface area contributed by atoms with Crippen molar-refractivity contribution in [2.75, 3.05) is 6.54 Å². The molecule has 122 valence electrons. The minimum Gasteiger partial charge on any atom is -0.419 e. The Balaban J connectivity index is 1.99. The number of hydrogen-bond donors (Lipinski definition) is 0. The van der Waals surface area contributed by atoms with E-state index >= 15 is 0 Å². The third-order valence-corrected chi connectivity index (χ3v) is 4.77. The Kier molecular flexibility index (Phi) is 7.06. The fourth-order valence-electron chi connectivity index (χ4n) is 2.61. The lowest BCUT2D eigenvalue weighted by molar-refractivity contribution is 0.170. The number of thiophene rings is 1. The summed E-state index contributed by atoms with van der Waals surface area (Å²) >= 11 is 1.63. The predicted octanol–water partition coefficient (Wildman–Crippen LogP) is 4.98. The van der Waals surface area contributed by atoms with Crippen molar-refractivity contribution in [1.29, 1.82) is 0 Å². The van der Waals surface area contributed by atoms with Crippen LogP contribution in [-0.4, -0.2) is 27.7 Å². The molecular weight excluding hydrogens is 294 g/mol.